The Morgan fingerprint density at radius 3 is 2.11 bits per heavy atom. The molecule has 19 heavy (non-hydrogen) atoms. The van der Waals surface area contributed by atoms with Crippen LogP contribution in [0.5, 0.6) is 0 Å². The lowest BCUT2D eigenvalue weighted by Gasteiger charge is -2.13. The van der Waals surface area contributed by atoms with Crippen molar-refractivity contribution < 1.29 is 24.6 Å². The second kappa shape index (κ2) is 6.50. The Balaban J connectivity index is 2.76. The Hall–Kier alpha value is -2.41. The van der Waals surface area contributed by atoms with Gasteiger partial charge in [-0.3, -0.25) is 9.59 Å². The fraction of sp³-hybridized carbons (Fsp3) is 0.250. The van der Waals surface area contributed by atoms with E-state index in [1.54, 1.807) is 0 Å². The minimum Gasteiger partial charge on any atom is -0.480 e. The summed E-state index contributed by atoms with van der Waals surface area (Å²) < 4.78 is 0. The summed E-state index contributed by atoms with van der Waals surface area (Å²) >= 11 is 0. The molecule has 0 aliphatic rings. The highest BCUT2D eigenvalue weighted by molar-refractivity contribution is 5.98. The minimum atomic E-state index is -1.23. The predicted octanol–water partition coefficient (Wildman–Crippen LogP) is -0.649. The number of carboxylic acids is 1. The van der Waals surface area contributed by atoms with Crippen LogP contribution < -0.4 is 11.1 Å². The average Bonchev–Trinajstić information content (AvgIpc) is 2.38. The number of carbonyl (C=O) groups excluding carboxylic acids is 2. The fourth-order valence-corrected chi connectivity index (χ4v) is 1.41. The molecule has 1 aromatic carbocycles. The Kier molecular flexibility index (Phi) is 5.01. The fourth-order valence-electron chi connectivity index (χ4n) is 1.41. The number of amides is 2. The number of carboxylic acid groups (broad SMARTS) is 1. The van der Waals surface area contributed by atoms with E-state index in [2.05, 4.69) is 5.32 Å². The zero-order valence-corrected chi connectivity index (χ0v) is 10.00. The van der Waals surface area contributed by atoms with E-state index in [-0.39, 0.29) is 24.2 Å². The van der Waals surface area contributed by atoms with Crippen LogP contribution in [0, 0.1) is 0 Å². The maximum atomic E-state index is 11.7. The highest BCUT2D eigenvalue weighted by Crippen LogP contribution is 2.05. The zero-order chi connectivity index (χ0) is 14.4. The van der Waals surface area contributed by atoms with E-state index in [4.69, 9.17) is 15.9 Å². The molecule has 1 rings (SSSR count). The van der Waals surface area contributed by atoms with Crippen molar-refractivity contribution in [2.45, 2.75) is 12.5 Å². The van der Waals surface area contributed by atoms with Crippen molar-refractivity contribution in [1.29, 1.82) is 0 Å². The van der Waals surface area contributed by atoms with E-state index in [1.807, 2.05) is 0 Å². The third-order valence-corrected chi connectivity index (χ3v) is 2.45. The molecule has 7 nitrogen and oxygen atoms in total. The number of aliphatic hydroxyl groups excluding tert-OH is 1. The van der Waals surface area contributed by atoms with Crippen LogP contribution in [0.1, 0.15) is 27.1 Å². The van der Waals surface area contributed by atoms with Gasteiger partial charge in [0.15, 0.2) is 0 Å². The average molecular weight is 266 g/mol. The van der Waals surface area contributed by atoms with Crippen LogP contribution in [-0.4, -0.2) is 40.6 Å². The van der Waals surface area contributed by atoms with Crippen LogP contribution in [0.15, 0.2) is 24.3 Å². The van der Waals surface area contributed by atoms with Gasteiger partial charge < -0.3 is 21.3 Å². The van der Waals surface area contributed by atoms with Gasteiger partial charge in [0, 0.05) is 24.2 Å². The highest BCUT2D eigenvalue weighted by atomic mass is 16.4. The molecule has 0 radical (unpaired) electrons. The van der Waals surface area contributed by atoms with Crippen molar-refractivity contribution in [1.82, 2.24) is 5.32 Å². The van der Waals surface area contributed by atoms with Gasteiger partial charge in [0.1, 0.15) is 6.04 Å². The van der Waals surface area contributed by atoms with Gasteiger partial charge >= 0.3 is 5.97 Å². The summed E-state index contributed by atoms with van der Waals surface area (Å²) in [6, 6.07) is 4.33. The van der Waals surface area contributed by atoms with E-state index < -0.39 is 23.8 Å². The number of nitrogens with one attached hydrogen (secondary N) is 1. The lowest BCUT2D eigenvalue weighted by molar-refractivity contribution is -0.139. The quantitative estimate of drug-likeness (QED) is 0.543. The number of carbonyl (C=O) groups is 3. The first-order valence-electron chi connectivity index (χ1n) is 5.50. The monoisotopic (exact) mass is 266 g/mol. The Morgan fingerprint density at radius 2 is 1.68 bits per heavy atom. The van der Waals surface area contributed by atoms with E-state index in [0.29, 0.717) is 0 Å². The molecule has 0 aliphatic heterocycles. The van der Waals surface area contributed by atoms with Crippen molar-refractivity contribution in [3.63, 3.8) is 0 Å². The number of aliphatic hydroxyl groups is 1. The molecule has 0 aliphatic carbocycles. The maximum Gasteiger partial charge on any atom is 0.326 e. The van der Waals surface area contributed by atoms with Crippen LogP contribution in [0.3, 0.4) is 0 Å². The Bertz CT molecular complexity index is 483. The molecule has 5 N–H and O–H groups in total. The smallest absolute Gasteiger partial charge is 0.326 e. The van der Waals surface area contributed by atoms with Crippen LogP contribution in [0.25, 0.3) is 0 Å². The molecule has 0 aromatic heterocycles. The first-order chi connectivity index (χ1) is 8.95. The summed E-state index contributed by atoms with van der Waals surface area (Å²) in [5.41, 5.74) is 5.51. The molecule has 0 saturated carbocycles. The van der Waals surface area contributed by atoms with Crippen molar-refractivity contribution in [2.24, 2.45) is 5.73 Å². The van der Waals surface area contributed by atoms with Crippen LogP contribution in [0.4, 0.5) is 0 Å². The van der Waals surface area contributed by atoms with Crippen LogP contribution in [0.2, 0.25) is 0 Å². The van der Waals surface area contributed by atoms with Gasteiger partial charge in [-0.15, -0.1) is 0 Å². The third kappa shape index (κ3) is 4.07. The number of primary amides is 1. The molecule has 0 saturated heterocycles. The van der Waals surface area contributed by atoms with Gasteiger partial charge in [-0.2, -0.15) is 0 Å². The van der Waals surface area contributed by atoms with Crippen molar-refractivity contribution in [3.8, 4) is 0 Å². The highest BCUT2D eigenvalue weighted by Gasteiger charge is 2.19. The summed E-state index contributed by atoms with van der Waals surface area (Å²) in [4.78, 5) is 33.4. The molecule has 0 spiro atoms. The topological polar surface area (TPSA) is 130 Å². The Labute approximate surface area is 109 Å². The molecule has 102 valence electrons. The molecule has 0 unspecified atom stereocenters. The van der Waals surface area contributed by atoms with E-state index in [1.165, 1.54) is 24.3 Å². The van der Waals surface area contributed by atoms with Gasteiger partial charge in [0.25, 0.3) is 5.91 Å². The summed E-state index contributed by atoms with van der Waals surface area (Å²) in [6.07, 6.45) is -0.0829. The molecular weight excluding hydrogens is 252 g/mol. The van der Waals surface area contributed by atoms with E-state index in [0.717, 1.165) is 0 Å². The van der Waals surface area contributed by atoms with Gasteiger partial charge in [0.05, 0.1) is 0 Å². The zero-order valence-electron chi connectivity index (χ0n) is 10.00. The van der Waals surface area contributed by atoms with Crippen LogP contribution >= 0.6 is 0 Å². The number of hydrogen-bond donors (Lipinski definition) is 4. The summed E-state index contributed by atoms with van der Waals surface area (Å²) in [5, 5.41) is 19.8. The first-order valence-corrected chi connectivity index (χ1v) is 5.50. The molecule has 1 atom stereocenters. The summed E-state index contributed by atoms with van der Waals surface area (Å²) in [7, 11) is 0. The predicted molar refractivity (Wildman–Crippen MR) is 65.6 cm³/mol. The normalized spacial score (nSPS) is 11.6. The van der Waals surface area contributed by atoms with Crippen LogP contribution in [-0.2, 0) is 4.79 Å². The van der Waals surface area contributed by atoms with E-state index in [9.17, 15) is 14.4 Å². The Morgan fingerprint density at radius 1 is 1.16 bits per heavy atom. The maximum absolute atomic E-state index is 11.7. The summed E-state index contributed by atoms with van der Waals surface area (Å²) in [6.45, 7) is -0.349. The molecule has 0 bridgehead atoms. The van der Waals surface area contributed by atoms with Crippen molar-refractivity contribution >= 4 is 17.8 Å². The van der Waals surface area contributed by atoms with Gasteiger partial charge in [-0.25, -0.2) is 4.79 Å². The van der Waals surface area contributed by atoms with Gasteiger partial charge in [-0.1, -0.05) is 0 Å². The third-order valence-electron chi connectivity index (χ3n) is 2.45. The molecular formula is C12H14N2O5. The molecule has 2 amide bonds. The number of rotatable bonds is 6. The number of hydrogen-bond acceptors (Lipinski definition) is 4. The van der Waals surface area contributed by atoms with Gasteiger partial charge in [0.2, 0.25) is 5.91 Å². The minimum absolute atomic E-state index is 0.0829. The number of nitrogens with two attached hydrogens (primary N) is 1. The largest absolute Gasteiger partial charge is 0.480 e. The molecule has 0 fully saturated rings. The number of aliphatic carboxylic acids is 1. The molecule has 1 aromatic rings. The second-order valence-corrected chi connectivity index (χ2v) is 3.82. The first kappa shape index (κ1) is 14.7. The van der Waals surface area contributed by atoms with E-state index >= 15 is 0 Å². The summed E-state index contributed by atoms with van der Waals surface area (Å²) in [5.74, 6) is -2.44. The number of benzene rings is 1. The molecule has 0 heterocycles. The van der Waals surface area contributed by atoms with Crippen molar-refractivity contribution in [3.05, 3.63) is 35.4 Å². The van der Waals surface area contributed by atoms with Gasteiger partial charge in [-0.05, 0) is 24.3 Å². The standard InChI is InChI=1S/C12H14N2O5/c13-10(16)7-1-3-8(4-2-7)11(17)14-9(5-6-15)12(18)19/h1-4,9,15H,5-6H2,(H2,13,16)(H,14,17)(H,18,19)/t9-/m1/s1. The molecule has 7 heteroatoms. The lowest BCUT2D eigenvalue weighted by atomic mass is 10.1. The SMILES string of the molecule is NC(=O)c1ccc(C(=O)N[C@H](CCO)C(=O)O)cc1. The van der Waals surface area contributed by atoms with Crippen molar-refractivity contribution in [2.75, 3.05) is 6.61 Å². The second-order valence-electron chi connectivity index (χ2n) is 3.82. The lowest BCUT2D eigenvalue weighted by Crippen LogP contribution is -2.41.